The molecule has 1 aromatic rings. The molecule has 3 heteroatoms. The summed E-state index contributed by atoms with van der Waals surface area (Å²) >= 11 is 0. The molecular weight excluding hydrogens is 190 g/mol. The van der Waals surface area contributed by atoms with Crippen molar-refractivity contribution in [2.45, 2.75) is 18.4 Å². The average molecular weight is 203 g/mol. The van der Waals surface area contributed by atoms with E-state index in [2.05, 4.69) is 12.1 Å². The molecule has 15 heavy (non-hydrogen) atoms. The Kier molecular flexibility index (Phi) is 1.68. The van der Waals surface area contributed by atoms with Crippen LogP contribution in [-0.4, -0.2) is 12.5 Å². The topological polar surface area (TPSA) is 52.3 Å². The fourth-order valence-corrected chi connectivity index (χ4v) is 2.69. The van der Waals surface area contributed by atoms with Crippen LogP contribution in [0.2, 0.25) is 0 Å². The largest absolute Gasteiger partial charge is 0.376 e. The molecule has 2 atom stereocenters. The maximum Gasteiger partial charge on any atom is 0.221 e. The zero-order valence-corrected chi connectivity index (χ0v) is 8.40. The number of primary amides is 1. The molecule has 0 radical (unpaired) electrons. The van der Waals surface area contributed by atoms with Crippen molar-refractivity contribution in [2.24, 2.45) is 11.7 Å². The Hall–Kier alpha value is -1.35. The molecule has 78 valence electrons. The number of rotatable bonds is 1. The molecule has 1 aromatic carbocycles. The highest BCUT2D eigenvalue weighted by Crippen LogP contribution is 2.56. The van der Waals surface area contributed by atoms with E-state index in [0.717, 1.165) is 6.42 Å². The van der Waals surface area contributed by atoms with Crippen LogP contribution in [0, 0.1) is 5.92 Å². The summed E-state index contributed by atoms with van der Waals surface area (Å²) in [5, 5.41) is 0. The van der Waals surface area contributed by atoms with E-state index in [1.165, 1.54) is 11.1 Å². The summed E-state index contributed by atoms with van der Waals surface area (Å²) in [4.78, 5) is 11.2. The minimum absolute atomic E-state index is 0.0288. The quantitative estimate of drug-likeness (QED) is 0.739. The van der Waals surface area contributed by atoms with E-state index in [0.29, 0.717) is 13.2 Å². The number of carbonyl (C=O) groups excluding carboxylic acids is 1. The van der Waals surface area contributed by atoms with E-state index in [4.69, 9.17) is 10.5 Å². The third-order valence-corrected chi connectivity index (χ3v) is 3.59. The lowest BCUT2D eigenvalue weighted by Gasteiger charge is -2.26. The van der Waals surface area contributed by atoms with Gasteiger partial charge in [-0.05, 0) is 17.5 Å². The van der Waals surface area contributed by atoms with Gasteiger partial charge in [0.15, 0.2) is 0 Å². The van der Waals surface area contributed by atoms with Gasteiger partial charge >= 0.3 is 0 Å². The van der Waals surface area contributed by atoms with E-state index in [1.54, 1.807) is 0 Å². The summed E-state index contributed by atoms with van der Waals surface area (Å²) in [6.07, 6.45) is 0.847. The number of benzene rings is 1. The lowest BCUT2D eigenvalue weighted by atomic mass is 9.88. The Bertz CT molecular complexity index is 429. The molecule has 3 nitrogen and oxygen atoms in total. The summed E-state index contributed by atoms with van der Waals surface area (Å²) in [6.45, 7) is 1.29. The van der Waals surface area contributed by atoms with E-state index in [9.17, 15) is 4.79 Å². The number of nitrogens with two attached hydrogens (primary N) is 1. The van der Waals surface area contributed by atoms with Crippen LogP contribution in [0.15, 0.2) is 24.3 Å². The third-order valence-electron chi connectivity index (χ3n) is 3.59. The predicted molar refractivity (Wildman–Crippen MR) is 55.1 cm³/mol. The number of amides is 1. The van der Waals surface area contributed by atoms with Crippen molar-refractivity contribution in [2.75, 3.05) is 6.61 Å². The number of fused-ring (bicyclic) bond motifs is 2. The van der Waals surface area contributed by atoms with E-state index in [-0.39, 0.29) is 17.2 Å². The SMILES string of the molecule is NC(=O)C1CC12COCc1ccccc12. The highest BCUT2D eigenvalue weighted by atomic mass is 16.5. The standard InChI is InChI=1S/C12H13NO2/c13-11(14)10-5-12(10)7-15-6-8-3-1-2-4-9(8)12/h1-4,10H,5-7H2,(H2,13,14). The molecule has 0 saturated heterocycles. The number of hydrogen-bond donors (Lipinski definition) is 1. The van der Waals surface area contributed by atoms with Crippen molar-refractivity contribution in [1.29, 1.82) is 0 Å². The minimum Gasteiger partial charge on any atom is -0.376 e. The van der Waals surface area contributed by atoms with Gasteiger partial charge in [0.25, 0.3) is 0 Å². The van der Waals surface area contributed by atoms with Crippen LogP contribution in [-0.2, 0) is 21.6 Å². The van der Waals surface area contributed by atoms with Crippen molar-refractivity contribution >= 4 is 5.91 Å². The van der Waals surface area contributed by atoms with Crippen molar-refractivity contribution in [3.05, 3.63) is 35.4 Å². The summed E-state index contributed by atoms with van der Waals surface area (Å²) < 4.78 is 5.55. The van der Waals surface area contributed by atoms with Gasteiger partial charge in [-0.25, -0.2) is 0 Å². The second kappa shape index (κ2) is 2.83. The first-order chi connectivity index (χ1) is 7.24. The Balaban J connectivity index is 2.05. The molecule has 0 bridgehead atoms. The van der Waals surface area contributed by atoms with E-state index >= 15 is 0 Å². The highest BCUT2D eigenvalue weighted by molar-refractivity contribution is 5.83. The summed E-state index contributed by atoms with van der Waals surface area (Å²) in [7, 11) is 0. The summed E-state index contributed by atoms with van der Waals surface area (Å²) in [6, 6.07) is 8.18. The predicted octanol–water partition coefficient (Wildman–Crippen LogP) is 0.960. The molecule has 1 amide bonds. The van der Waals surface area contributed by atoms with Crippen molar-refractivity contribution in [3.8, 4) is 0 Å². The van der Waals surface area contributed by atoms with Crippen LogP contribution >= 0.6 is 0 Å². The molecule has 1 aliphatic heterocycles. The maximum absolute atomic E-state index is 11.2. The van der Waals surface area contributed by atoms with E-state index in [1.807, 2.05) is 12.1 Å². The van der Waals surface area contributed by atoms with Crippen LogP contribution in [0.5, 0.6) is 0 Å². The lowest BCUT2D eigenvalue weighted by molar-refractivity contribution is -0.120. The van der Waals surface area contributed by atoms with Gasteiger partial charge in [-0.15, -0.1) is 0 Å². The zero-order valence-electron chi connectivity index (χ0n) is 8.40. The average Bonchev–Trinajstić information content (AvgIpc) is 2.95. The van der Waals surface area contributed by atoms with Gasteiger partial charge in [0.1, 0.15) is 0 Å². The molecule has 3 rings (SSSR count). The van der Waals surface area contributed by atoms with Gasteiger partial charge in [0, 0.05) is 5.41 Å². The Morgan fingerprint density at radius 1 is 1.47 bits per heavy atom. The Labute approximate surface area is 88.2 Å². The second-order valence-corrected chi connectivity index (χ2v) is 4.47. The van der Waals surface area contributed by atoms with Crippen LogP contribution < -0.4 is 5.73 Å². The number of ether oxygens (including phenoxy) is 1. The van der Waals surface area contributed by atoms with Gasteiger partial charge in [-0.1, -0.05) is 24.3 Å². The Morgan fingerprint density at radius 2 is 2.27 bits per heavy atom. The fraction of sp³-hybridized carbons (Fsp3) is 0.417. The molecule has 1 aliphatic carbocycles. The van der Waals surface area contributed by atoms with E-state index < -0.39 is 0 Å². The Morgan fingerprint density at radius 3 is 3.00 bits per heavy atom. The molecule has 1 spiro atoms. The normalized spacial score (nSPS) is 32.4. The monoisotopic (exact) mass is 203 g/mol. The van der Waals surface area contributed by atoms with Crippen molar-refractivity contribution in [3.63, 3.8) is 0 Å². The highest BCUT2D eigenvalue weighted by Gasteiger charge is 2.60. The van der Waals surface area contributed by atoms with Gasteiger partial charge in [-0.2, -0.15) is 0 Å². The first-order valence-corrected chi connectivity index (χ1v) is 5.19. The van der Waals surface area contributed by atoms with Gasteiger partial charge < -0.3 is 10.5 Å². The molecule has 1 fully saturated rings. The minimum atomic E-state index is -0.199. The van der Waals surface area contributed by atoms with Gasteiger partial charge in [0.05, 0.1) is 19.1 Å². The molecule has 2 aliphatic rings. The molecular formula is C12H13NO2. The summed E-state index contributed by atoms with van der Waals surface area (Å²) in [5.41, 5.74) is 7.73. The maximum atomic E-state index is 11.2. The van der Waals surface area contributed by atoms with Crippen molar-refractivity contribution < 1.29 is 9.53 Å². The van der Waals surface area contributed by atoms with Gasteiger partial charge in [0.2, 0.25) is 5.91 Å². The first-order valence-electron chi connectivity index (χ1n) is 5.19. The fourth-order valence-electron chi connectivity index (χ4n) is 2.69. The first kappa shape index (κ1) is 8.92. The molecule has 2 unspecified atom stereocenters. The smallest absolute Gasteiger partial charge is 0.221 e. The lowest BCUT2D eigenvalue weighted by Crippen LogP contribution is -2.29. The molecule has 1 heterocycles. The molecule has 1 saturated carbocycles. The third kappa shape index (κ3) is 1.13. The van der Waals surface area contributed by atoms with Crippen LogP contribution in [0.1, 0.15) is 17.5 Å². The molecule has 0 aromatic heterocycles. The number of hydrogen-bond acceptors (Lipinski definition) is 2. The summed E-state index contributed by atoms with van der Waals surface area (Å²) in [5.74, 6) is -0.228. The van der Waals surface area contributed by atoms with Crippen molar-refractivity contribution in [1.82, 2.24) is 0 Å². The van der Waals surface area contributed by atoms with Crippen LogP contribution in [0.3, 0.4) is 0 Å². The zero-order chi connectivity index (χ0) is 10.5. The van der Waals surface area contributed by atoms with Gasteiger partial charge in [-0.3, -0.25) is 4.79 Å². The van der Waals surface area contributed by atoms with Crippen LogP contribution in [0.4, 0.5) is 0 Å². The second-order valence-electron chi connectivity index (χ2n) is 4.47. The van der Waals surface area contributed by atoms with Crippen LogP contribution in [0.25, 0.3) is 0 Å². The molecule has 2 N–H and O–H groups in total. The number of carbonyl (C=O) groups is 1.